The van der Waals surface area contributed by atoms with E-state index in [2.05, 4.69) is 12.2 Å². The molecule has 0 atom stereocenters. The molecular weight excluding hydrogens is 450 g/mol. The van der Waals surface area contributed by atoms with Crippen molar-refractivity contribution in [2.45, 2.75) is 24.7 Å². The molecule has 2 aromatic carbocycles. The third kappa shape index (κ3) is 6.07. The highest BCUT2D eigenvalue weighted by Crippen LogP contribution is 2.32. The zero-order valence-electron chi connectivity index (χ0n) is 18.3. The van der Waals surface area contributed by atoms with Gasteiger partial charge in [-0.3, -0.25) is 14.9 Å². The molecule has 33 heavy (non-hydrogen) atoms. The molecule has 1 amide bonds. The van der Waals surface area contributed by atoms with Crippen LogP contribution in [0.15, 0.2) is 47.4 Å². The number of anilines is 2. The fourth-order valence-electron chi connectivity index (χ4n) is 3.61. The molecule has 0 bridgehead atoms. The molecule has 1 saturated heterocycles. The largest absolute Gasteiger partial charge is 0.452 e. The van der Waals surface area contributed by atoms with Crippen LogP contribution in [0.1, 0.15) is 30.1 Å². The maximum Gasteiger partial charge on any atom is 0.338 e. The first-order valence-electron chi connectivity index (χ1n) is 10.4. The van der Waals surface area contributed by atoms with Gasteiger partial charge in [0.2, 0.25) is 0 Å². The van der Waals surface area contributed by atoms with Gasteiger partial charge in [0.1, 0.15) is 5.69 Å². The highest BCUT2D eigenvalue weighted by Gasteiger charge is 2.25. The van der Waals surface area contributed by atoms with Crippen LogP contribution in [0.2, 0.25) is 0 Å². The summed E-state index contributed by atoms with van der Waals surface area (Å²) >= 11 is 0. The van der Waals surface area contributed by atoms with E-state index in [1.165, 1.54) is 30.3 Å². The number of sulfone groups is 1. The van der Waals surface area contributed by atoms with Crippen LogP contribution in [-0.2, 0) is 19.4 Å². The number of ether oxygens (including phenoxy) is 1. The Morgan fingerprint density at radius 2 is 1.85 bits per heavy atom. The van der Waals surface area contributed by atoms with E-state index in [1.54, 1.807) is 6.07 Å². The van der Waals surface area contributed by atoms with Gasteiger partial charge in [-0.1, -0.05) is 19.1 Å². The Balaban J connectivity index is 1.68. The Bertz CT molecular complexity index is 1170. The van der Waals surface area contributed by atoms with Crippen LogP contribution >= 0.6 is 0 Å². The molecule has 0 aliphatic carbocycles. The number of carbonyl (C=O) groups excluding carboxylic acids is 2. The molecular formula is C22H25N3O7S. The van der Waals surface area contributed by atoms with Crippen LogP contribution in [0.4, 0.5) is 17.1 Å². The van der Waals surface area contributed by atoms with Crippen molar-refractivity contribution in [1.29, 1.82) is 0 Å². The van der Waals surface area contributed by atoms with E-state index < -0.39 is 33.2 Å². The molecule has 1 aliphatic rings. The van der Waals surface area contributed by atoms with Gasteiger partial charge in [-0.05, 0) is 43.0 Å². The van der Waals surface area contributed by atoms with E-state index in [4.69, 9.17) is 4.74 Å². The van der Waals surface area contributed by atoms with Crippen LogP contribution < -0.4 is 10.2 Å². The maximum atomic E-state index is 12.4. The fraction of sp³-hybridized carbons (Fsp3) is 0.364. The molecule has 176 valence electrons. The second-order valence-corrected chi connectivity index (χ2v) is 10.0. The molecule has 3 rings (SSSR count). The van der Waals surface area contributed by atoms with Gasteiger partial charge in [0, 0.05) is 25.4 Å². The smallest absolute Gasteiger partial charge is 0.338 e. The number of piperidine rings is 1. The number of esters is 1. The van der Waals surface area contributed by atoms with Gasteiger partial charge in [-0.15, -0.1) is 0 Å². The normalized spacial score (nSPS) is 14.5. The standard InChI is InChI=1S/C22H25N3O7S/c1-15-9-11-24(12-10-15)18-8-7-16(13-19(18)25(28)29)22(27)32-14-21(26)23-17-5-3-4-6-20(17)33(2,30)31/h3-8,13,15H,9-12,14H2,1-2H3,(H,23,26). The van der Waals surface area contributed by atoms with Crippen molar-refractivity contribution in [2.24, 2.45) is 5.92 Å². The van der Waals surface area contributed by atoms with Crippen molar-refractivity contribution in [3.05, 3.63) is 58.1 Å². The molecule has 1 heterocycles. The molecule has 0 aromatic heterocycles. The molecule has 1 aliphatic heterocycles. The van der Waals surface area contributed by atoms with Gasteiger partial charge >= 0.3 is 5.97 Å². The number of hydrogen-bond donors (Lipinski definition) is 1. The van der Waals surface area contributed by atoms with Crippen LogP contribution in [-0.4, -0.2) is 51.2 Å². The average Bonchev–Trinajstić information content (AvgIpc) is 2.77. The van der Waals surface area contributed by atoms with Gasteiger partial charge in [-0.2, -0.15) is 0 Å². The summed E-state index contributed by atoms with van der Waals surface area (Å²) in [5, 5.41) is 14.0. The van der Waals surface area contributed by atoms with Crippen molar-refractivity contribution in [3.8, 4) is 0 Å². The second-order valence-electron chi connectivity index (χ2n) is 8.02. The SMILES string of the molecule is CC1CCN(c2ccc(C(=O)OCC(=O)Nc3ccccc3S(C)(=O)=O)cc2[N+](=O)[O-])CC1. The summed E-state index contributed by atoms with van der Waals surface area (Å²) in [5.41, 5.74) is 0.251. The zero-order chi connectivity index (χ0) is 24.2. The molecule has 2 aromatic rings. The van der Waals surface area contributed by atoms with Crippen LogP contribution in [0, 0.1) is 16.0 Å². The number of nitro groups is 1. The van der Waals surface area contributed by atoms with Crippen molar-refractivity contribution in [1.82, 2.24) is 0 Å². The number of benzene rings is 2. The molecule has 0 unspecified atom stereocenters. The lowest BCUT2D eigenvalue weighted by molar-refractivity contribution is -0.384. The lowest BCUT2D eigenvalue weighted by Gasteiger charge is -2.31. The van der Waals surface area contributed by atoms with E-state index in [9.17, 15) is 28.1 Å². The number of nitrogens with zero attached hydrogens (tertiary/aromatic N) is 2. The third-order valence-electron chi connectivity index (χ3n) is 5.43. The minimum atomic E-state index is -3.57. The Hall–Kier alpha value is -3.47. The van der Waals surface area contributed by atoms with Crippen LogP contribution in [0.25, 0.3) is 0 Å². The van der Waals surface area contributed by atoms with E-state index in [0.29, 0.717) is 24.7 Å². The number of rotatable bonds is 7. The van der Waals surface area contributed by atoms with Crippen molar-refractivity contribution in [2.75, 3.05) is 36.2 Å². The quantitative estimate of drug-likeness (QED) is 0.367. The Morgan fingerprint density at radius 1 is 1.18 bits per heavy atom. The highest BCUT2D eigenvalue weighted by molar-refractivity contribution is 7.90. The molecule has 11 heteroatoms. The summed E-state index contributed by atoms with van der Waals surface area (Å²) in [6.07, 6.45) is 2.87. The predicted molar refractivity (Wildman–Crippen MR) is 122 cm³/mol. The van der Waals surface area contributed by atoms with Crippen LogP contribution in [0.3, 0.4) is 0 Å². The molecule has 10 nitrogen and oxygen atoms in total. The monoisotopic (exact) mass is 475 g/mol. The number of nitro benzene ring substituents is 1. The first-order valence-corrected chi connectivity index (χ1v) is 12.2. The average molecular weight is 476 g/mol. The Morgan fingerprint density at radius 3 is 2.48 bits per heavy atom. The third-order valence-corrected chi connectivity index (χ3v) is 6.58. The van der Waals surface area contributed by atoms with Crippen LogP contribution in [0.5, 0.6) is 0 Å². The van der Waals surface area contributed by atoms with Gasteiger partial charge < -0.3 is 15.0 Å². The molecule has 0 saturated carbocycles. The van der Waals surface area contributed by atoms with Gasteiger partial charge in [0.05, 0.1) is 21.1 Å². The highest BCUT2D eigenvalue weighted by atomic mass is 32.2. The zero-order valence-corrected chi connectivity index (χ0v) is 19.1. The van der Waals surface area contributed by atoms with Gasteiger partial charge in [0.25, 0.3) is 11.6 Å². The minimum absolute atomic E-state index is 0.0554. The topological polar surface area (TPSA) is 136 Å². The summed E-state index contributed by atoms with van der Waals surface area (Å²) < 4.78 is 28.7. The summed E-state index contributed by atoms with van der Waals surface area (Å²) in [4.78, 5) is 37.5. The predicted octanol–water partition coefficient (Wildman–Crippen LogP) is 3.03. The number of nitrogens with one attached hydrogen (secondary N) is 1. The fourth-order valence-corrected chi connectivity index (χ4v) is 4.45. The van der Waals surface area contributed by atoms with E-state index in [0.717, 1.165) is 25.2 Å². The number of carbonyl (C=O) groups is 2. The van der Waals surface area contributed by atoms with Crippen molar-refractivity contribution < 1.29 is 27.7 Å². The summed E-state index contributed by atoms with van der Waals surface area (Å²) in [5.74, 6) is -1.08. The van der Waals surface area contributed by atoms with E-state index in [1.807, 2.05) is 4.90 Å². The Labute approximate surface area is 191 Å². The lowest BCUT2D eigenvalue weighted by atomic mass is 9.98. The summed E-state index contributed by atoms with van der Waals surface area (Å²) in [6, 6.07) is 9.94. The number of amides is 1. The molecule has 1 N–H and O–H groups in total. The maximum absolute atomic E-state index is 12.4. The van der Waals surface area contributed by atoms with Gasteiger partial charge in [-0.25, -0.2) is 13.2 Å². The first kappa shape index (κ1) is 24.2. The van der Waals surface area contributed by atoms with E-state index >= 15 is 0 Å². The summed E-state index contributed by atoms with van der Waals surface area (Å²) in [6.45, 7) is 2.85. The molecule has 1 fully saturated rings. The summed E-state index contributed by atoms with van der Waals surface area (Å²) in [7, 11) is -3.57. The van der Waals surface area contributed by atoms with Gasteiger partial charge in [0.15, 0.2) is 16.4 Å². The first-order chi connectivity index (χ1) is 15.6. The number of hydrogen-bond acceptors (Lipinski definition) is 8. The number of para-hydroxylation sites is 1. The Kier molecular flexibility index (Phi) is 7.32. The van der Waals surface area contributed by atoms with Crippen molar-refractivity contribution in [3.63, 3.8) is 0 Å². The second kappa shape index (κ2) is 9.99. The van der Waals surface area contributed by atoms with Crippen molar-refractivity contribution >= 4 is 38.8 Å². The molecule has 0 radical (unpaired) electrons. The molecule has 0 spiro atoms. The lowest BCUT2D eigenvalue weighted by Crippen LogP contribution is -2.33. The minimum Gasteiger partial charge on any atom is -0.452 e. The van der Waals surface area contributed by atoms with E-state index in [-0.39, 0.29) is 21.8 Å².